The number of hydrazine groups is 1. The van der Waals surface area contributed by atoms with Crippen LogP contribution in [0.1, 0.15) is 52.0 Å². The second-order valence-corrected chi connectivity index (χ2v) is 7.08. The molecule has 0 unspecified atom stereocenters. The Bertz CT molecular complexity index is 543. The smallest absolute Gasteiger partial charge is 0.424 e. The first-order chi connectivity index (χ1) is 12.3. The van der Waals surface area contributed by atoms with Gasteiger partial charge >= 0.3 is 12.2 Å². The molecule has 1 aromatic rings. The predicted octanol–water partition coefficient (Wildman–Crippen LogP) is 3.58. The number of carbonyl (C=O) groups is 2. The Labute approximate surface area is 155 Å². The lowest BCUT2D eigenvalue weighted by Crippen LogP contribution is -2.42. The number of alkyl carbamates (subject to hydrolysis) is 1. The van der Waals surface area contributed by atoms with Gasteiger partial charge < -0.3 is 14.8 Å². The van der Waals surface area contributed by atoms with E-state index in [0.717, 1.165) is 36.3 Å². The number of carbonyl (C=O) groups excluding carboxylic acids is 2. The van der Waals surface area contributed by atoms with Gasteiger partial charge in [-0.1, -0.05) is 43.2 Å². The van der Waals surface area contributed by atoms with Gasteiger partial charge in [-0.25, -0.2) is 20.4 Å². The Morgan fingerprint density at radius 3 is 2.38 bits per heavy atom. The first-order valence-corrected chi connectivity index (χ1v) is 8.98. The summed E-state index contributed by atoms with van der Waals surface area (Å²) in [6.45, 7) is 6.68. The van der Waals surface area contributed by atoms with Crippen molar-refractivity contribution in [1.82, 2.24) is 10.3 Å². The van der Waals surface area contributed by atoms with E-state index in [0.29, 0.717) is 13.1 Å². The normalized spacial score (nSPS) is 10.9. The van der Waals surface area contributed by atoms with Crippen molar-refractivity contribution in [3.8, 4) is 0 Å². The molecule has 0 fully saturated rings. The number of benzene rings is 1. The first-order valence-electron chi connectivity index (χ1n) is 8.98. The van der Waals surface area contributed by atoms with Crippen LogP contribution in [0.2, 0.25) is 0 Å². The van der Waals surface area contributed by atoms with E-state index in [1.807, 2.05) is 30.3 Å². The van der Waals surface area contributed by atoms with E-state index < -0.39 is 17.8 Å². The van der Waals surface area contributed by atoms with Crippen LogP contribution in [0.25, 0.3) is 0 Å². The van der Waals surface area contributed by atoms with Gasteiger partial charge in [-0.15, -0.1) is 0 Å². The number of unbranched alkanes of at least 4 members (excludes halogenated alkanes) is 3. The minimum Gasteiger partial charge on any atom is -0.445 e. The summed E-state index contributed by atoms with van der Waals surface area (Å²) in [4.78, 5) is 23.3. The molecule has 0 spiro atoms. The number of nitrogens with two attached hydrogens (primary N) is 1. The Balaban J connectivity index is 2.00. The molecule has 7 heteroatoms. The van der Waals surface area contributed by atoms with Crippen LogP contribution in [0.4, 0.5) is 9.59 Å². The third kappa shape index (κ3) is 10.6. The summed E-state index contributed by atoms with van der Waals surface area (Å²) in [7, 11) is 0. The number of nitrogens with one attached hydrogen (secondary N) is 1. The van der Waals surface area contributed by atoms with E-state index in [2.05, 4.69) is 5.32 Å². The molecule has 0 saturated heterocycles. The van der Waals surface area contributed by atoms with Crippen LogP contribution in [0.15, 0.2) is 30.3 Å². The lowest BCUT2D eigenvalue weighted by Gasteiger charge is -2.24. The molecule has 0 radical (unpaired) electrons. The van der Waals surface area contributed by atoms with E-state index in [-0.39, 0.29) is 6.61 Å². The summed E-state index contributed by atoms with van der Waals surface area (Å²) in [6.07, 6.45) is 2.55. The number of hydrogen-bond acceptors (Lipinski definition) is 5. The minimum absolute atomic E-state index is 0.268. The number of nitrogens with zero attached hydrogens (tertiary/aromatic N) is 1. The van der Waals surface area contributed by atoms with Gasteiger partial charge in [-0.3, -0.25) is 0 Å². The summed E-state index contributed by atoms with van der Waals surface area (Å²) in [5.41, 5.74) is 0.411. The lowest BCUT2D eigenvalue weighted by atomic mass is 10.2. The highest BCUT2D eigenvalue weighted by Gasteiger charge is 2.19. The van der Waals surface area contributed by atoms with Gasteiger partial charge in [-0.2, -0.15) is 0 Å². The maximum Gasteiger partial charge on any atom is 0.424 e. The van der Waals surface area contributed by atoms with Gasteiger partial charge in [0.15, 0.2) is 0 Å². The summed E-state index contributed by atoms with van der Waals surface area (Å²) in [5, 5.41) is 3.83. The van der Waals surface area contributed by atoms with Crippen molar-refractivity contribution in [2.75, 3.05) is 13.1 Å². The Morgan fingerprint density at radius 1 is 1.08 bits per heavy atom. The van der Waals surface area contributed by atoms with Crippen molar-refractivity contribution in [2.24, 2.45) is 5.84 Å². The third-order valence-corrected chi connectivity index (χ3v) is 3.44. The predicted molar refractivity (Wildman–Crippen MR) is 100 cm³/mol. The van der Waals surface area contributed by atoms with Crippen molar-refractivity contribution in [2.45, 2.75) is 58.7 Å². The van der Waals surface area contributed by atoms with Crippen molar-refractivity contribution >= 4 is 12.2 Å². The van der Waals surface area contributed by atoms with Crippen LogP contribution in [-0.4, -0.2) is 35.9 Å². The van der Waals surface area contributed by atoms with Crippen molar-refractivity contribution in [3.63, 3.8) is 0 Å². The topological polar surface area (TPSA) is 93.9 Å². The second kappa shape index (κ2) is 11.4. The summed E-state index contributed by atoms with van der Waals surface area (Å²) in [6, 6.07) is 9.54. The molecule has 0 aromatic heterocycles. The molecular formula is C19H31N3O4. The molecule has 0 atom stereocenters. The second-order valence-electron chi connectivity index (χ2n) is 7.08. The molecule has 146 valence electrons. The Kier molecular flexibility index (Phi) is 9.51. The van der Waals surface area contributed by atoms with E-state index in [1.54, 1.807) is 20.8 Å². The summed E-state index contributed by atoms with van der Waals surface area (Å²) in [5.74, 6) is 5.67. The fraction of sp³-hybridized carbons (Fsp3) is 0.579. The minimum atomic E-state index is -0.546. The molecule has 0 aliphatic rings. The molecule has 0 bridgehead atoms. The van der Waals surface area contributed by atoms with E-state index in [4.69, 9.17) is 15.3 Å². The SMILES string of the molecule is CC(C)(C)OC(=O)N(N)CCCCCCNC(=O)OCc1ccccc1. The Morgan fingerprint density at radius 2 is 1.73 bits per heavy atom. The lowest BCUT2D eigenvalue weighted by molar-refractivity contribution is 0.0244. The average Bonchev–Trinajstić information content (AvgIpc) is 2.58. The number of hydrogen-bond donors (Lipinski definition) is 2. The summed E-state index contributed by atoms with van der Waals surface area (Å²) < 4.78 is 10.3. The van der Waals surface area contributed by atoms with Crippen LogP contribution in [0.5, 0.6) is 0 Å². The molecule has 0 heterocycles. The fourth-order valence-electron chi connectivity index (χ4n) is 2.14. The van der Waals surface area contributed by atoms with Gasteiger partial charge in [0, 0.05) is 13.1 Å². The van der Waals surface area contributed by atoms with Gasteiger partial charge in [0.25, 0.3) is 0 Å². The third-order valence-electron chi connectivity index (χ3n) is 3.44. The molecule has 0 aliphatic carbocycles. The average molecular weight is 365 g/mol. The van der Waals surface area contributed by atoms with Gasteiger partial charge in [0.1, 0.15) is 12.2 Å². The largest absolute Gasteiger partial charge is 0.445 e. The highest BCUT2D eigenvalue weighted by Crippen LogP contribution is 2.09. The Hall–Kier alpha value is -2.28. The number of rotatable bonds is 9. The fourth-order valence-corrected chi connectivity index (χ4v) is 2.14. The standard InChI is InChI=1S/C19H31N3O4/c1-19(2,3)26-18(24)22(20)14-10-5-4-9-13-21-17(23)25-15-16-11-7-6-8-12-16/h6-8,11-12H,4-5,9-10,13-15,20H2,1-3H3,(H,21,23). The molecule has 1 rings (SSSR count). The quantitative estimate of drug-likeness (QED) is 0.302. The molecule has 1 aromatic carbocycles. The van der Waals surface area contributed by atoms with Crippen LogP contribution < -0.4 is 11.2 Å². The zero-order valence-electron chi connectivity index (χ0n) is 16.0. The maximum absolute atomic E-state index is 11.7. The highest BCUT2D eigenvalue weighted by molar-refractivity contribution is 5.67. The molecule has 0 aliphatic heterocycles. The van der Waals surface area contributed by atoms with Crippen molar-refractivity contribution in [1.29, 1.82) is 0 Å². The van der Waals surface area contributed by atoms with Crippen molar-refractivity contribution < 1.29 is 19.1 Å². The van der Waals surface area contributed by atoms with Crippen molar-refractivity contribution in [3.05, 3.63) is 35.9 Å². The monoisotopic (exact) mass is 365 g/mol. The highest BCUT2D eigenvalue weighted by atomic mass is 16.6. The maximum atomic E-state index is 11.7. The van der Waals surface area contributed by atoms with Crippen LogP contribution in [0.3, 0.4) is 0 Å². The van der Waals surface area contributed by atoms with Gasteiger partial charge in [0.2, 0.25) is 0 Å². The number of ether oxygens (including phenoxy) is 2. The zero-order chi connectivity index (χ0) is 19.4. The molecule has 2 amide bonds. The van der Waals surface area contributed by atoms with E-state index in [9.17, 15) is 9.59 Å². The zero-order valence-corrected chi connectivity index (χ0v) is 16.0. The van der Waals surface area contributed by atoms with E-state index in [1.165, 1.54) is 0 Å². The summed E-state index contributed by atoms with van der Waals surface area (Å²) >= 11 is 0. The first kappa shape index (κ1) is 21.8. The van der Waals surface area contributed by atoms with Gasteiger partial charge in [-0.05, 0) is 39.2 Å². The molecule has 7 nitrogen and oxygen atoms in total. The van der Waals surface area contributed by atoms with Gasteiger partial charge in [0.05, 0.1) is 0 Å². The molecule has 3 N–H and O–H groups in total. The molecule has 0 saturated carbocycles. The van der Waals surface area contributed by atoms with Crippen LogP contribution in [-0.2, 0) is 16.1 Å². The van der Waals surface area contributed by atoms with Crippen LogP contribution in [0, 0.1) is 0 Å². The van der Waals surface area contributed by atoms with Crippen LogP contribution >= 0.6 is 0 Å². The van der Waals surface area contributed by atoms with E-state index >= 15 is 0 Å². The molecular weight excluding hydrogens is 334 g/mol. The number of amides is 2. The molecule has 26 heavy (non-hydrogen) atoms.